The molecule has 1 aromatic carbocycles. The fraction of sp³-hybridized carbons (Fsp3) is 0.429. The molecule has 6 heteroatoms. The van der Waals surface area contributed by atoms with Crippen LogP contribution >= 0.6 is 11.6 Å². The smallest absolute Gasteiger partial charge is 0.121 e. The van der Waals surface area contributed by atoms with Crippen molar-refractivity contribution < 1.29 is 4.74 Å². The quantitative estimate of drug-likeness (QED) is 0.886. The highest BCUT2D eigenvalue weighted by atomic mass is 35.5. The maximum atomic E-state index is 5.96. The summed E-state index contributed by atoms with van der Waals surface area (Å²) < 4.78 is 7.62. The Labute approximate surface area is 123 Å². The average molecular weight is 295 g/mol. The molecule has 20 heavy (non-hydrogen) atoms. The SMILES string of the molecule is CNC(Cc1cn(C)nn1)C(C)Oc1cccc(Cl)c1. The van der Waals surface area contributed by atoms with Crippen LogP contribution in [-0.2, 0) is 13.5 Å². The summed E-state index contributed by atoms with van der Waals surface area (Å²) in [5.74, 6) is 0.768. The van der Waals surface area contributed by atoms with Crippen LogP contribution in [0.1, 0.15) is 12.6 Å². The Morgan fingerprint density at radius 1 is 1.45 bits per heavy atom. The minimum Gasteiger partial charge on any atom is -0.489 e. The fourth-order valence-corrected chi connectivity index (χ4v) is 2.23. The predicted molar refractivity (Wildman–Crippen MR) is 79.1 cm³/mol. The molecule has 1 aromatic heterocycles. The maximum Gasteiger partial charge on any atom is 0.121 e. The van der Waals surface area contributed by atoms with E-state index >= 15 is 0 Å². The molecule has 0 saturated heterocycles. The van der Waals surface area contributed by atoms with Crippen LogP contribution in [0.2, 0.25) is 5.02 Å². The van der Waals surface area contributed by atoms with Crippen molar-refractivity contribution in [3.05, 3.63) is 41.2 Å². The van der Waals surface area contributed by atoms with Crippen molar-refractivity contribution in [1.29, 1.82) is 0 Å². The number of halogens is 1. The summed E-state index contributed by atoms with van der Waals surface area (Å²) in [4.78, 5) is 0. The van der Waals surface area contributed by atoms with Crippen molar-refractivity contribution in [3.8, 4) is 5.75 Å². The van der Waals surface area contributed by atoms with Crippen LogP contribution in [0.25, 0.3) is 0 Å². The molecule has 0 amide bonds. The molecule has 2 aromatic rings. The summed E-state index contributed by atoms with van der Waals surface area (Å²) in [7, 11) is 3.77. The molecular weight excluding hydrogens is 276 g/mol. The Hall–Kier alpha value is -1.59. The Morgan fingerprint density at radius 3 is 2.85 bits per heavy atom. The number of nitrogens with one attached hydrogen (secondary N) is 1. The topological polar surface area (TPSA) is 52.0 Å². The first-order chi connectivity index (χ1) is 9.58. The summed E-state index contributed by atoms with van der Waals surface area (Å²) in [6, 6.07) is 7.56. The van der Waals surface area contributed by atoms with Crippen molar-refractivity contribution in [2.75, 3.05) is 7.05 Å². The Bertz CT molecular complexity index is 558. The van der Waals surface area contributed by atoms with Crippen LogP contribution in [0.3, 0.4) is 0 Å². The van der Waals surface area contributed by atoms with Crippen molar-refractivity contribution >= 4 is 11.6 Å². The molecule has 1 N–H and O–H groups in total. The van der Waals surface area contributed by atoms with Gasteiger partial charge in [0.15, 0.2) is 0 Å². The molecule has 108 valence electrons. The first kappa shape index (κ1) is 14.8. The summed E-state index contributed by atoms with van der Waals surface area (Å²) in [5.41, 5.74) is 0.938. The largest absolute Gasteiger partial charge is 0.489 e. The van der Waals surface area contributed by atoms with E-state index in [9.17, 15) is 0 Å². The van der Waals surface area contributed by atoms with Gasteiger partial charge in [-0.2, -0.15) is 0 Å². The first-order valence-corrected chi connectivity index (χ1v) is 6.91. The van der Waals surface area contributed by atoms with Crippen molar-refractivity contribution in [3.63, 3.8) is 0 Å². The van der Waals surface area contributed by atoms with Crippen LogP contribution in [0, 0.1) is 0 Å². The second-order valence-corrected chi connectivity index (χ2v) is 5.20. The van der Waals surface area contributed by atoms with E-state index < -0.39 is 0 Å². The number of aryl methyl sites for hydroxylation is 1. The van der Waals surface area contributed by atoms with Gasteiger partial charge in [0.05, 0.1) is 5.69 Å². The van der Waals surface area contributed by atoms with Gasteiger partial charge in [-0.15, -0.1) is 5.10 Å². The molecule has 0 spiro atoms. The van der Waals surface area contributed by atoms with Crippen molar-refractivity contribution in [1.82, 2.24) is 20.3 Å². The predicted octanol–water partition coefficient (Wildman–Crippen LogP) is 2.07. The van der Waals surface area contributed by atoms with Gasteiger partial charge < -0.3 is 10.1 Å². The third-order valence-electron chi connectivity index (χ3n) is 3.13. The lowest BCUT2D eigenvalue weighted by molar-refractivity contribution is 0.173. The average Bonchev–Trinajstić information content (AvgIpc) is 2.81. The van der Waals surface area contributed by atoms with Gasteiger partial charge in [0, 0.05) is 30.7 Å². The number of likely N-dealkylation sites (N-methyl/N-ethyl adjacent to an activating group) is 1. The molecule has 2 unspecified atom stereocenters. The minimum atomic E-state index is -0.0135. The van der Waals surface area contributed by atoms with E-state index in [0.29, 0.717) is 5.02 Å². The van der Waals surface area contributed by atoms with E-state index in [0.717, 1.165) is 17.9 Å². The van der Waals surface area contributed by atoms with E-state index in [-0.39, 0.29) is 12.1 Å². The van der Waals surface area contributed by atoms with E-state index in [4.69, 9.17) is 16.3 Å². The second-order valence-electron chi connectivity index (χ2n) is 4.76. The summed E-state index contributed by atoms with van der Waals surface area (Å²) in [6.45, 7) is 2.03. The van der Waals surface area contributed by atoms with Gasteiger partial charge in [0.25, 0.3) is 0 Å². The van der Waals surface area contributed by atoms with Gasteiger partial charge in [0.2, 0.25) is 0 Å². The van der Waals surface area contributed by atoms with E-state index in [1.165, 1.54) is 0 Å². The molecule has 0 radical (unpaired) electrons. The molecule has 1 heterocycles. The van der Waals surface area contributed by atoms with Crippen LogP contribution in [0.5, 0.6) is 5.75 Å². The standard InChI is InChI=1S/C14H19ClN4O/c1-10(20-13-6-4-5-11(15)7-13)14(16-2)8-12-9-19(3)18-17-12/h4-7,9-10,14,16H,8H2,1-3H3. The van der Waals surface area contributed by atoms with Gasteiger partial charge >= 0.3 is 0 Å². The van der Waals surface area contributed by atoms with Gasteiger partial charge in [-0.05, 0) is 32.2 Å². The van der Waals surface area contributed by atoms with Gasteiger partial charge in [-0.3, -0.25) is 4.68 Å². The highest BCUT2D eigenvalue weighted by molar-refractivity contribution is 6.30. The zero-order valence-corrected chi connectivity index (χ0v) is 12.6. The number of nitrogens with zero attached hydrogens (tertiary/aromatic N) is 3. The maximum absolute atomic E-state index is 5.96. The normalized spacial score (nSPS) is 14.0. The van der Waals surface area contributed by atoms with Gasteiger partial charge in [-0.25, -0.2) is 0 Å². The van der Waals surface area contributed by atoms with E-state index in [1.807, 2.05) is 51.5 Å². The second kappa shape index (κ2) is 6.72. The number of hydrogen-bond donors (Lipinski definition) is 1. The third-order valence-corrected chi connectivity index (χ3v) is 3.37. The highest BCUT2D eigenvalue weighted by Crippen LogP contribution is 2.19. The molecule has 0 bridgehead atoms. The number of rotatable bonds is 6. The van der Waals surface area contributed by atoms with Crippen molar-refractivity contribution in [2.45, 2.75) is 25.5 Å². The number of benzene rings is 1. The highest BCUT2D eigenvalue weighted by Gasteiger charge is 2.19. The van der Waals surface area contributed by atoms with Crippen LogP contribution in [0.4, 0.5) is 0 Å². The summed E-state index contributed by atoms with van der Waals surface area (Å²) in [5, 5.41) is 12.0. The molecular formula is C14H19ClN4O. The summed E-state index contributed by atoms with van der Waals surface area (Å²) in [6.07, 6.45) is 2.66. The molecule has 2 atom stereocenters. The Kier molecular flexibility index (Phi) is 4.98. The zero-order chi connectivity index (χ0) is 14.5. The van der Waals surface area contributed by atoms with E-state index in [2.05, 4.69) is 15.6 Å². The first-order valence-electron chi connectivity index (χ1n) is 6.53. The van der Waals surface area contributed by atoms with Crippen LogP contribution in [-0.4, -0.2) is 34.2 Å². The van der Waals surface area contributed by atoms with Crippen molar-refractivity contribution in [2.24, 2.45) is 7.05 Å². The minimum absolute atomic E-state index is 0.0135. The Morgan fingerprint density at radius 2 is 2.25 bits per heavy atom. The summed E-state index contributed by atoms with van der Waals surface area (Å²) >= 11 is 5.96. The van der Waals surface area contributed by atoms with Gasteiger partial charge in [0.1, 0.15) is 11.9 Å². The molecule has 2 rings (SSSR count). The van der Waals surface area contributed by atoms with E-state index in [1.54, 1.807) is 4.68 Å². The van der Waals surface area contributed by atoms with Crippen LogP contribution < -0.4 is 10.1 Å². The molecule has 5 nitrogen and oxygen atoms in total. The third kappa shape index (κ3) is 3.95. The number of aromatic nitrogens is 3. The lowest BCUT2D eigenvalue weighted by Crippen LogP contribution is -2.41. The van der Waals surface area contributed by atoms with Gasteiger partial charge in [-0.1, -0.05) is 22.9 Å². The molecule has 0 aliphatic carbocycles. The lowest BCUT2D eigenvalue weighted by Gasteiger charge is -2.24. The number of hydrogen-bond acceptors (Lipinski definition) is 4. The lowest BCUT2D eigenvalue weighted by atomic mass is 10.1. The molecule has 0 fully saturated rings. The number of ether oxygens (including phenoxy) is 1. The molecule has 0 saturated carbocycles. The Balaban J connectivity index is 1.99. The molecule has 0 aliphatic heterocycles. The monoisotopic (exact) mass is 294 g/mol. The molecule has 0 aliphatic rings. The van der Waals surface area contributed by atoms with Crippen LogP contribution in [0.15, 0.2) is 30.5 Å². The fourth-order valence-electron chi connectivity index (χ4n) is 2.05. The zero-order valence-electron chi connectivity index (χ0n) is 11.9.